The largest absolute Gasteiger partial charge is 6.00 e. The SMILES string of the molecule is CCCCCCCCCCCCCCCCC(CO)(CO)CO.CCCCCCCCCCCCCCCCC(CO)(CO)CO.[C]=O.[C]=O.[C]=O.[C]=O.[O-]P([O-])[O-].[O-]P([O-])[O-].[W+6]. The van der Waals surface area contributed by atoms with Crippen LogP contribution in [0.3, 0.4) is 0 Å². The summed E-state index contributed by atoms with van der Waals surface area (Å²) in [6.45, 7) is 21.8. The summed E-state index contributed by atoms with van der Waals surface area (Å²) in [5.74, 6) is 0. The minimum absolute atomic E-state index is 0. The Morgan fingerprint density at radius 2 is 0.413 bits per heavy atom. The van der Waals surface area contributed by atoms with E-state index >= 15 is 0 Å². The van der Waals surface area contributed by atoms with Crippen LogP contribution in [0.2, 0.25) is 0 Å². The molecule has 8 radical (unpaired) electrons. The smallest absolute Gasteiger partial charge is 0.854 e. The molecule has 63 heavy (non-hydrogen) atoms. The normalized spacial score (nSPS) is 10.2. The summed E-state index contributed by atoms with van der Waals surface area (Å²) in [7, 11) is -6.74. The fraction of sp³-hybridized carbons (Fsp3) is 0.909. The van der Waals surface area contributed by atoms with Crippen molar-refractivity contribution in [2.24, 2.45) is 10.8 Å². The summed E-state index contributed by atoms with van der Waals surface area (Å²) in [4.78, 5) is 80.9. The number of aliphatic hydroxyl groups excluding tert-OH is 6. The van der Waals surface area contributed by atoms with Gasteiger partial charge in [-0.1, -0.05) is 194 Å². The Morgan fingerprint density at radius 3 is 0.524 bits per heavy atom. The summed E-state index contributed by atoms with van der Waals surface area (Å²) in [6.07, 6.45) is 38.5. The molecular weight excluding hydrogens is 1030 g/mol. The number of hydrogen-bond donors (Lipinski definition) is 6. The number of aliphatic hydroxyl groups is 6. The van der Waals surface area contributed by atoms with E-state index in [-0.39, 0.29) is 60.7 Å². The zero-order valence-corrected chi connectivity index (χ0v) is 43.2. The molecule has 6 N–H and O–H groups in total. The van der Waals surface area contributed by atoms with Gasteiger partial charge >= 0.3 is 21.1 Å². The Kier molecular flexibility index (Phi) is 104. The van der Waals surface area contributed by atoms with Crippen molar-refractivity contribution in [3.63, 3.8) is 0 Å². The molecule has 0 bridgehead atoms. The van der Waals surface area contributed by atoms with Crippen LogP contribution in [-0.4, -0.2) is 97.4 Å². The van der Waals surface area contributed by atoms with E-state index in [9.17, 15) is 30.6 Å². The van der Waals surface area contributed by atoms with Crippen LogP contribution in [0, 0.1) is 10.8 Å². The first-order valence-corrected chi connectivity index (χ1v) is 24.2. The molecule has 19 heteroatoms. The monoisotopic (exact) mass is 1110 g/mol. The van der Waals surface area contributed by atoms with Gasteiger partial charge in [0.1, 0.15) is 0 Å². The summed E-state index contributed by atoms with van der Waals surface area (Å²) in [5, 5.41) is 55.6. The predicted molar refractivity (Wildman–Crippen MR) is 234 cm³/mol. The van der Waals surface area contributed by atoms with Gasteiger partial charge in [0.05, 0.1) is 39.6 Å². The van der Waals surface area contributed by atoms with Crippen LogP contribution >= 0.6 is 17.2 Å². The Morgan fingerprint density at radius 1 is 0.302 bits per heavy atom. The molecule has 0 unspecified atom stereocenters. The van der Waals surface area contributed by atoms with Gasteiger partial charge in [-0.25, -0.2) is 0 Å². The van der Waals surface area contributed by atoms with Crippen molar-refractivity contribution in [1.29, 1.82) is 0 Å². The van der Waals surface area contributed by atoms with Crippen LogP contribution in [0.25, 0.3) is 0 Å². The number of hydrogen-bond acceptors (Lipinski definition) is 16. The molecule has 0 spiro atoms. The maximum absolute atomic E-state index is 9.26. The van der Waals surface area contributed by atoms with Gasteiger partial charge in [-0.3, -0.25) is 19.2 Å². The van der Waals surface area contributed by atoms with Crippen molar-refractivity contribution in [3.8, 4) is 0 Å². The van der Waals surface area contributed by atoms with Crippen LogP contribution in [-0.2, 0) is 40.2 Å². The Labute approximate surface area is 400 Å². The summed E-state index contributed by atoms with van der Waals surface area (Å²) < 4.78 is 0. The second kappa shape index (κ2) is 78.9. The molecule has 0 aromatic carbocycles. The minimum Gasteiger partial charge on any atom is -0.854 e. The minimum atomic E-state index is -3.37. The van der Waals surface area contributed by atoms with E-state index in [0.29, 0.717) is 12.8 Å². The summed E-state index contributed by atoms with van der Waals surface area (Å²) in [6, 6.07) is 0. The standard InChI is InChI=1S/2C20H42O3.4CO.2O3P.W/c2*1-2-3-4-5-6-7-8-9-10-11-12-13-14-15-16-20(17-21,18-22)19-23;4*1-2;2*1-4(2)3;/h2*21-23H,2-19H2,1H3;;;;;;;/q;;;;;;2*-3;+6. The van der Waals surface area contributed by atoms with Gasteiger partial charge in [-0.2, -0.15) is 0 Å². The second-order valence-corrected chi connectivity index (χ2v) is 16.0. The van der Waals surface area contributed by atoms with Crippen LogP contribution in [0.15, 0.2) is 0 Å². The summed E-state index contributed by atoms with van der Waals surface area (Å²) in [5.41, 5.74) is -1.34. The molecule has 372 valence electrons. The molecule has 0 aromatic heterocycles. The number of unbranched alkanes of at least 4 members (excludes halogenated alkanes) is 26. The number of rotatable bonds is 36. The molecule has 16 nitrogen and oxygen atoms in total. The molecule has 0 fully saturated rings. The first-order chi connectivity index (χ1) is 29.9. The predicted octanol–water partition coefficient (Wildman–Crippen LogP) is 2.64. The molecule has 0 aliphatic carbocycles. The molecule has 0 saturated heterocycles. The van der Waals surface area contributed by atoms with Gasteiger partial charge in [0, 0.05) is 10.8 Å². The average Bonchev–Trinajstić information content (AvgIpc) is 3.29. The summed E-state index contributed by atoms with van der Waals surface area (Å²) >= 11 is 0. The molecule has 0 aliphatic heterocycles. The van der Waals surface area contributed by atoms with Crippen LogP contribution < -0.4 is 29.4 Å². The van der Waals surface area contributed by atoms with Crippen LogP contribution in [0.5, 0.6) is 0 Å². The van der Waals surface area contributed by atoms with Gasteiger partial charge in [0.15, 0.2) is 0 Å². The van der Waals surface area contributed by atoms with Crippen molar-refractivity contribution in [1.82, 2.24) is 0 Å². The van der Waals surface area contributed by atoms with Gasteiger partial charge < -0.3 is 77.2 Å². The zero-order valence-electron chi connectivity index (χ0n) is 38.5. The zero-order chi connectivity index (χ0) is 49.6. The maximum Gasteiger partial charge on any atom is 6.00 e. The van der Waals surface area contributed by atoms with E-state index in [1.165, 1.54) is 154 Å². The first-order valence-electron chi connectivity index (χ1n) is 22.1. The molecule has 0 saturated carbocycles. The van der Waals surface area contributed by atoms with Crippen molar-refractivity contribution >= 4 is 44.4 Å². The Bertz CT molecular complexity index is 650. The first kappa shape index (κ1) is 82.8. The van der Waals surface area contributed by atoms with E-state index in [1.54, 1.807) is 0 Å². The van der Waals surface area contributed by atoms with E-state index in [2.05, 4.69) is 41.0 Å². The third-order valence-electron chi connectivity index (χ3n) is 10.1. The Hall–Kier alpha value is -0.252. The molecule has 0 amide bonds. The van der Waals surface area contributed by atoms with E-state index in [0.717, 1.165) is 25.7 Å². The third-order valence-corrected chi connectivity index (χ3v) is 10.1. The van der Waals surface area contributed by atoms with Gasteiger partial charge in [-0.05, 0) is 12.8 Å². The fourth-order valence-electron chi connectivity index (χ4n) is 6.16. The third kappa shape index (κ3) is 82.3. The van der Waals surface area contributed by atoms with Crippen LogP contribution in [0.4, 0.5) is 0 Å². The molecule has 0 heterocycles. The van der Waals surface area contributed by atoms with Crippen molar-refractivity contribution in [2.45, 2.75) is 206 Å². The van der Waals surface area contributed by atoms with E-state index in [1.807, 2.05) is 0 Å². The van der Waals surface area contributed by atoms with E-state index < -0.39 is 28.0 Å². The molecule has 0 aliphatic rings. The molecular formula is C44H84O16P2W. The van der Waals surface area contributed by atoms with Gasteiger partial charge in [-0.15, -0.1) is 0 Å². The molecule has 0 rings (SSSR count). The van der Waals surface area contributed by atoms with Gasteiger partial charge in [0.25, 0.3) is 27.2 Å². The van der Waals surface area contributed by atoms with Crippen molar-refractivity contribution in [2.75, 3.05) is 39.6 Å². The van der Waals surface area contributed by atoms with Crippen LogP contribution in [0.1, 0.15) is 206 Å². The van der Waals surface area contributed by atoms with Crippen molar-refractivity contribution < 1.29 is 100 Å². The van der Waals surface area contributed by atoms with E-state index in [4.69, 9.17) is 48.5 Å². The maximum atomic E-state index is 9.26. The molecule has 0 aromatic rings. The fourth-order valence-corrected chi connectivity index (χ4v) is 6.16. The quantitative estimate of drug-likeness (QED) is 0.0388. The number of carbonyl (C=O) groups excluding carboxylic acids is 4. The molecule has 0 atom stereocenters. The Balaban J connectivity index is -0.0000000978. The van der Waals surface area contributed by atoms with Gasteiger partial charge in [0.2, 0.25) is 0 Å². The second-order valence-electron chi connectivity index (χ2n) is 15.1. The topological polar surface area (TPSA) is 328 Å². The average molecular weight is 1110 g/mol. The van der Waals surface area contributed by atoms with Crippen molar-refractivity contribution in [3.05, 3.63) is 0 Å².